The first-order valence-corrected chi connectivity index (χ1v) is 12.3. The standard InChI is InChI=1S/C25H31ClF4N4O4/c1-23(2,3)13-34(12-18(35)19-16(26)10-32-11-17(19)27)21(36)15(9-31)20(25(28,29)30)33-14-5-7-24(4,8-6-14)22(37)38/h9-11,14-15,31H,5-8,12-13H2,1-4H3,(H,37,38). The third-order valence-electron chi connectivity index (χ3n) is 6.36. The molecule has 0 radical (unpaired) electrons. The van der Waals surface area contributed by atoms with Gasteiger partial charge in [0, 0.05) is 19.0 Å². The second-order valence-corrected chi connectivity index (χ2v) is 11.3. The van der Waals surface area contributed by atoms with Crippen molar-refractivity contribution in [1.29, 1.82) is 5.41 Å². The molecule has 1 aliphatic carbocycles. The minimum absolute atomic E-state index is 0.0608. The number of hydrogen-bond acceptors (Lipinski definition) is 6. The summed E-state index contributed by atoms with van der Waals surface area (Å²) in [5.41, 5.74) is -3.80. The molecule has 1 amide bonds. The lowest BCUT2D eigenvalue weighted by Gasteiger charge is -2.34. The van der Waals surface area contributed by atoms with Crippen LogP contribution in [0.4, 0.5) is 17.6 Å². The van der Waals surface area contributed by atoms with Crippen molar-refractivity contribution in [2.75, 3.05) is 13.1 Å². The summed E-state index contributed by atoms with van der Waals surface area (Å²) in [6, 6.07) is -0.892. The molecule has 38 heavy (non-hydrogen) atoms. The number of hydrogen-bond donors (Lipinski definition) is 2. The van der Waals surface area contributed by atoms with Crippen LogP contribution in [0.25, 0.3) is 0 Å². The summed E-state index contributed by atoms with van der Waals surface area (Å²) in [5.74, 6) is -6.39. The Morgan fingerprint density at radius 2 is 1.84 bits per heavy atom. The summed E-state index contributed by atoms with van der Waals surface area (Å²) < 4.78 is 56.7. The Labute approximate surface area is 223 Å². The third kappa shape index (κ3) is 7.81. The topological polar surface area (TPSA) is 124 Å². The minimum Gasteiger partial charge on any atom is -0.481 e. The monoisotopic (exact) mass is 562 g/mol. The van der Waals surface area contributed by atoms with Gasteiger partial charge in [-0.05, 0) is 38.0 Å². The van der Waals surface area contributed by atoms with Crippen molar-refractivity contribution < 1.29 is 37.1 Å². The second kappa shape index (κ2) is 11.9. The van der Waals surface area contributed by atoms with Gasteiger partial charge in [-0.2, -0.15) is 13.2 Å². The number of carboxylic acids is 1. The molecule has 1 heterocycles. The average molecular weight is 563 g/mol. The van der Waals surface area contributed by atoms with Crippen LogP contribution in [0.15, 0.2) is 17.4 Å². The molecule has 1 saturated carbocycles. The van der Waals surface area contributed by atoms with E-state index in [1.165, 1.54) is 6.92 Å². The van der Waals surface area contributed by atoms with Gasteiger partial charge in [-0.1, -0.05) is 32.4 Å². The van der Waals surface area contributed by atoms with Crippen molar-refractivity contribution in [3.8, 4) is 0 Å². The van der Waals surface area contributed by atoms with Gasteiger partial charge in [0.1, 0.15) is 11.6 Å². The van der Waals surface area contributed by atoms with Gasteiger partial charge in [0.15, 0.2) is 11.6 Å². The Morgan fingerprint density at radius 3 is 2.29 bits per heavy atom. The summed E-state index contributed by atoms with van der Waals surface area (Å²) in [7, 11) is 0. The van der Waals surface area contributed by atoms with E-state index in [4.69, 9.17) is 17.0 Å². The molecule has 8 nitrogen and oxygen atoms in total. The molecule has 13 heteroatoms. The third-order valence-corrected chi connectivity index (χ3v) is 6.64. The molecule has 0 aliphatic heterocycles. The number of nitrogens with zero attached hydrogens (tertiary/aromatic N) is 3. The molecule has 210 valence electrons. The summed E-state index contributed by atoms with van der Waals surface area (Å²) in [4.78, 5) is 46.0. The summed E-state index contributed by atoms with van der Waals surface area (Å²) in [5, 5.41) is 16.7. The minimum atomic E-state index is -5.08. The Bertz CT molecular complexity index is 1090. The fourth-order valence-corrected chi connectivity index (χ4v) is 4.54. The Morgan fingerprint density at radius 1 is 1.26 bits per heavy atom. The largest absolute Gasteiger partial charge is 0.481 e. The van der Waals surface area contributed by atoms with Gasteiger partial charge in [-0.15, -0.1) is 0 Å². The van der Waals surface area contributed by atoms with Crippen LogP contribution in [-0.2, 0) is 9.59 Å². The summed E-state index contributed by atoms with van der Waals surface area (Å²) >= 11 is 5.90. The number of nitrogens with one attached hydrogen (secondary N) is 1. The van der Waals surface area contributed by atoms with Crippen molar-refractivity contribution in [1.82, 2.24) is 9.88 Å². The van der Waals surface area contributed by atoms with Crippen LogP contribution in [-0.4, -0.2) is 69.9 Å². The van der Waals surface area contributed by atoms with Gasteiger partial charge in [-0.25, -0.2) is 4.39 Å². The van der Waals surface area contributed by atoms with E-state index in [1.54, 1.807) is 20.8 Å². The lowest BCUT2D eigenvalue weighted by molar-refractivity contribution is -0.149. The van der Waals surface area contributed by atoms with Crippen LogP contribution in [0.2, 0.25) is 5.02 Å². The smallest absolute Gasteiger partial charge is 0.430 e. The van der Waals surface area contributed by atoms with Gasteiger partial charge in [0.2, 0.25) is 5.91 Å². The molecule has 0 saturated heterocycles. The highest BCUT2D eigenvalue weighted by Crippen LogP contribution is 2.38. The zero-order valence-electron chi connectivity index (χ0n) is 21.5. The molecular weight excluding hydrogens is 532 g/mol. The zero-order valence-corrected chi connectivity index (χ0v) is 22.3. The van der Waals surface area contributed by atoms with Gasteiger partial charge < -0.3 is 15.4 Å². The van der Waals surface area contributed by atoms with Crippen LogP contribution in [0, 0.1) is 28.0 Å². The van der Waals surface area contributed by atoms with Gasteiger partial charge in [0.05, 0.1) is 34.8 Å². The number of carbonyl (C=O) groups is 3. The molecule has 1 atom stereocenters. The number of carboxylic acid groups (broad SMARTS) is 1. The van der Waals surface area contributed by atoms with E-state index in [1.807, 2.05) is 0 Å². The molecule has 2 rings (SSSR count). The maximum atomic E-state index is 14.3. The van der Waals surface area contributed by atoms with E-state index in [9.17, 15) is 37.1 Å². The molecule has 1 fully saturated rings. The zero-order chi connectivity index (χ0) is 29.1. The average Bonchev–Trinajstić information content (AvgIpc) is 2.78. The molecular formula is C25H31ClF4N4O4. The second-order valence-electron chi connectivity index (χ2n) is 10.9. The molecule has 0 spiro atoms. The number of alkyl halides is 3. The first-order chi connectivity index (χ1) is 17.4. The highest BCUT2D eigenvalue weighted by molar-refractivity contribution is 6.34. The van der Waals surface area contributed by atoms with Crippen molar-refractivity contribution in [2.45, 2.75) is 65.6 Å². The molecule has 0 bridgehead atoms. The fourth-order valence-electron chi connectivity index (χ4n) is 4.29. The highest BCUT2D eigenvalue weighted by atomic mass is 35.5. The number of aliphatic carboxylic acids is 1. The normalized spacial score (nSPS) is 21.5. The van der Waals surface area contributed by atoms with Crippen LogP contribution in [0.3, 0.4) is 0 Å². The van der Waals surface area contributed by atoms with Crippen molar-refractivity contribution >= 4 is 41.2 Å². The van der Waals surface area contributed by atoms with Crippen molar-refractivity contribution in [2.24, 2.45) is 21.7 Å². The summed E-state index contributed by atoms with van der Waals surface area (Å²) in [6.45, 7) is 5.62. The number of amides is 1. The highest BCUT2D eigenvalue weighted by Gasteiger charge is 2.46. The number of aliphatic imine (C=N–C) groups is 1. The Hall–Kier alpha value is -2.89. The number of halogens is 5. The Kier molecular flexibility index (Phi) is 9.79. The van der Waals surface area contributed by atoms with Gasteiger partial charge in [0.25, 0.3) is 0 Å². The van der Waals surface area contributed by atoms with E-state index in [0.717, 1.165) is 17.3 Å². The number of pyridine rings is 1. The number of ketones is 1. The first-order valence-electron chi connectivity index (χ1n) is 11.9. The number of carbonyl (C=O) groups excluding carboxylic acids is 2. The SMILES string of the molecule is CC(C)(C)CN(CC(=O)c1c(F)cncc1Cl)C(=O)C(C=N)C(=NC1CCC(C)(C(=O)O)CC1)C(F)(F)F. The van der Waals surface area contributed by atoms with Crippen molar-refractivity contribution in [3.63, 3.8) is 0 Å². The van der Waals surface area contributed by atoms with E-state index in [2.05, 4.69) is 9.98 Å². The lowest BCUT2D eigenvalue weighted by Crippen LogP contribution is -2.49. The first kappa shape index (κ1) is 31.3. The van der Waals surface area contributed by atoms with Crippen LogP contribution < -0.4 is 0 Å². The van der Waals surface area contributed by atoms with E-state index < -0.39 is 70.3 Å². The number of Topliss-reactive ketones (excluding diaryl/α,β-unsaturated/α-hetero) is 1. The molecule has 2 N–H and O–H groups in total. The van der Waals surface area contributed by atoms with Crippen molar-refractivity contribution in [3.05, 3.63) is 28.8 Å². The number of aromatic nitrogens is 1. The molecule has 1 aromatic rings. The number of rotatable bonds is 9. The molecule has 1 unspecified atom stereocenters. The Balaban J connectivity index is 2.42. The fraction of sp³-hybridized carbons (Fsp3) is 0.600. The van der Waals surface area contributed by atoms with E-state index in [0.29, 0.717) is 6.21 Å². The quantitative estimate of drug-likeness (QED) is 0.242. The maximum absolute atomic E-state index is 14.3. The van der Waals surface area contributed by atoms with Crippen LogP contribution >= 0.6 is 11.6 Å². The van der Waals surface area contributed by atoms with Gasteiger partial charge in [-0.3, -0.25) is 24.4 Å². The van der Waals surface area contributed by atoms with Gasteiger partial charge >= 0.3 is 12.1 Å². The van der Waals surface area contributed by atoms with E-state index >= 15 is 0 Å². The lowest BCUT2D eigenvalue weighted by atomic mass is 9.74. The predicted molar refractivity (Wildman–Crippen MR) is 133 cm³/mol. The predicted octanol–water partition coefficient (Wildman–Crippen LogP) is 5.23. The van der Waals surface area contributed by atoms with E-state index in [-0.39, 0.29) is 37.3 Å². The molecule has 1 aromatic heterocycles. The molecule has 0 aromatic carbocycles. The van der Waals surface area contributed by atoms with Crippen LogP contribution in [0.1, 0.15) is 63.7 Å². The summed E-state index contributed by atoms with van der Waals surface area (Å²) in [6.07, 6.45) is -2.65. The maximum Gasteiger partial charge on any atom is 0.430 e. The molecule has 1 aliphatic rings. The van der Waals surface area contributed by atoms with Crippen LogP contribution in [0.5, 0.6) is 0 Å².